The lowest BCUT2D eigenvalue weighted by Crippen LogP contribution is -2.24. The number of carbonyl (C=O) groups is 3. The summed E-state index contributed by atoms with van der Waals surface area (Å²) < 4.78 is 10.4. The molecule has 120 valence electrons. The lowest BCUT2D eigenvalue weighted by molar-refractivity contribution is -0.114. The second-order valence-corrected chi connectivity index (χ2v) is 5.46. The molecule has 0 unspecified atom stereocenters. The van der Waals surface area contributed by atoms with Crippen molar-refractivity contribution in [2.75, 3.05) is 6.61 Å². The molecule has 7 nitrogen and oxygen atoms in total. The zero-order valence-electron chi connectivity index (χ0n) is 12.2. The summed E-state index contributed by atoms with van der Waals surface area (Å²) in [6.45, 7) is 0.541. The highest BCUT2D eigenvalue weighted by molar-refractivity contribution is 6.52. The van der Waals surface area contributed by atoms with E-state index in [-0.39, 0.29) is 16.9 Å². The number of carbonyl (C=O) groups excluding carboxylic acids is 3. The van der Waals surface area contributed by atoms with Gasteiger partial charge in [0.1, 0.15) is 12.0 Å². The van der Waals surface area contributed by atoms with Gasteiger partial charge in [0.25, 0.3) is 5.78 Å². The minimum absolute atomic E-state index is 0.138. The maximum absolute atomic E-state index is 12.7. The highest BCUT2D eigenvalue weighted by atomic mass is 16.5. The average Bonchev–Trinajstić information content (AvgIpc) is 3.23. The SMILES string of the molecule is O=C1C(=O)c2c(C(=O)c3ccc4c(c3)CCO4)coc2C(O)=C1O. The largest absolute Gasteiger partial charge is 0.502 e. The number of hydrogen-bond acceptors (Lipinski definition) is 7. The van der Waals surface area contributed by atoms with E-state index in [0.717, 1.165) is 11.8 Å². The van der Waals surface area contributed by atoms with Gasteiger partial charge in [0.05, 0.1) is 17.7 Å². The molecule has 1 aliphatic heterocycles. The third kappa shape index (κ3) is 1.81. The Morgan fingerprint density at radius 1 is 1.08 bits per heavy atom. The van der Waals surface area contributed by atoms with Crippen molar-refractivity contribution in [1.29, 1.82) is 0 Å². The molecule has 0 bridgehead atoms. The maximum atomic E-state index is 12.7. The Balaban J connectivity index is 1.82. The number of aliphatic hydroxyl groups is 2. The summed E-state index contributed by atoms with van der Waals surface area (Å²) in [4.78, 5) is 36.5. The summed E-state index contributed by atoms with van der Waals surface area (Å²) in [5.74, 6) is -4.52. The molecule has 24 heavy (non-hydrogen) atoms. The molecule has 1 aromatic carbocycles. The Kier molecular flexibility index (Phi) is 2.86. The van der Waals surface area contributed by atoms with Gasteiger partial charge in [-0.25, -0.2) is 0 Å². The van der Waals surface area contributed by atoms with Crippen LogP contribution in [0.15, 0.2) is 34.6 Å². The first kappa shape index (κ1) is 14.3. The molecule has 2 N–H and O–H groups in total. The number of aliphatic hydroxyl groups excluding tert-OH is 2. The lowest BCUT2D eigenvalue weighted by Gasteiger charge is -2.10. The number of ether oxygens (including phenoxy) is 1. The molecular formula is C17H10O7. The minimum Gasteiger partial charge on any atom is -0.502 e. The fraction of sp³-hybridized carbons (Fsp3) is 0.118. The predicted octanol–water partition coefficient (Wildman–Crippen LogP) is 2.00. The van der Waals surface area contributed by atoms with E-state index in [2.05, 4.69) is 0 Å². The average molecular weight is 326 g/mol. The van der Waals surface area contributed by atoms with Crippen LogP contribution < -0.4 is 4.74 Å². The molecule has 0 fully saturated rings. The Morgan fingerprint density at radius 2 is 1.88 bits per heavy atom. The van der Waals surface area contributed by atoms with Crippen LogP contribution >= 0.6 is 0 Å². The zero-order chi connectivity index (χ0) is 17.0. The van der Waals surface area contributed by atoms with Crippen LogP contribution in [-0.2, 0) is 11.2 Å². The van der Waals surface area contributed by atoms with Crippen LogP contribution in [0.25, 0.3) is 5.76 Å². The van der Waals surface area contributed by atoms with E-state index in [0.29, 0.717) is 24.3 Å². The normalized spacial score (nSPS) is 16.0. The van der Waals surface area contributed by atoms with E-state index in [1.54, 1.807) is 18.2 Å². The van der Waals surface area contributed by atoms with Crippen LogP contribution in [-0.4, -0.2) is 34.2 Å². The number of ketones is 3. The van der Waals surface area contributed by atoms with Gasteiger partial charge in [0.2, 0.25) is 17.3 Å². The van der Waals surface area contributed by atoms with Gasteiger partial charge < -0.3 is 19.4 Å². The van der Waals surface area contributed by atoms with E-state index >= 15 is 0 Å². The van der Waals surface area contributed by atoms with E-state index in [9.17, 15) is 24.6 Å². The third-order valence-corrected chi connectivity index (χ3v) is 4.08. The second kappa shape index (κ2) is 4.82. The number of furan rings is 1. The van der Waals surface area contributed by atoms with Crippen LogP contribution in [0.1, 0.15) is 37.6 Å². The number of Topliss-reactive ketones (excluding diaryl/α,β-unsaturated/α-hetero) is 2. The van der Waals surface area contributed by atoms with E-state index in [4.69, 9.17) is 9.15 Å². The molecule has 0 atom stereocenters. The van der Waals surface area contributed by atoms with Gasteiger partial charge in [-0.2, -0.15) is 0 Å². The van der Waals surface area contributed by atoms with Crippen molar-refractivity contribution in [3.8, 4) is 5.75 Å². The molecule has 2 aromatic rings. The molecule has 1 aromatic heterocycles. The van der Waals surface area contributed by atoms with Crippen LogP contribution in [0, 0.1) is 0 Å². The molecule has 0 amide bonds. The Hall–Kier alpha value is -3.35. The summed E-state index contributed by atoms with van der Waals surface area (Å²) in [5.41, 5.74) is 0.709. The van der Waals surface area contributed by atoms with Crippen molar-refractivity contribution in [3.05, 3.63) is 58.2 Å². The molecule has 0 radical (unpaired) electrons. The molecule has 0 saturated heterocycles. The van der Waals surface area contributed by atoms with Crippen molar-refractivity contribution in [2.24, 2.45) is 0 Å². The topological polar surface area (TPSA) is 114 Å². The smallest absolute Gasteiger partial charge is 0.271 e. The quantitative estimate of drug-likeness (QED) is 0.640. The lowest BCUT2D eigenvalue weighted by atomic mass is 9.92. The Morgan fingerprint density at radius 3 is 2.67 bits per heavy atom. The van der Waals surface area contributed by atoms with Crippen molar-refractivity contribution >= 4 is 23.1 Å². The van der Waals surface area contributed by atoms with Gasteiger partial charge in [0, 0.05) is 12.0 Å². The first-order valence-corrected chi connectivity index (χ1v) is 7.12. The highest BCUT2D eigenvalue weighted by Crippen LogP contribution is 2.33. The predicted molar refractivity (Wildman–Crippen MR) is 79.3 cm³/mol. The Bertz CT molecular complexity index is 961. The highest BCUT2D eigenvalue weighted by Gasteiger charge is 2.39. The maximum Gasteiger partial charge on any atom is 0.271 e. The molecule has 0 saturated carbocycles. The molecule has 7 heteroatoms. The van der Waals surface area contributed by atoms with E-state index < -0.39 is 28.9 Å². The van der Waals surface area contributed by atoms with Crippen LogP contribution in [0.3, 0.4) is 0 Å². The number of hydrogen-bond donors (Lipinski definition) is 2. The number of fused-ring (bicyclic) bond motifs is 2. The number of benzene rings is 1. The zero-order valence-corrected chi connectivity index (χ0v) is 12.2. The molecule has 0 spiro atoms. The molecular weight excluding hydrogens is 316 g/mol. The summed E-state index contributed by atoms with van der Waals surface area (Å²) in [6.07, 6.45) is 1.67. The van der Waals surface area contributed by atoms with Gasteiger partial charge in [-0.15, -0.1) is 0 Å². The standard InChI is InChI=1S/C17H10O7/c18-12(8-1-2-10-7(5-8)3-4-23-10)9-6-24-17-11(9)13(19)14(20)15(21)16(17)22/h1-2,5-6,21-22H,3-4H2. The first-order chi connectivity index (χ1) is 11.5. The van der Waals surface area contributed by atoms with Gasteiger partial charge in [-0.3, -0.25) is 14.4 Å². The van der Waals surface area contributed by atoms with Crippen LogP contribution in [0.2, 0.25) is 0 Å². The van der Waals surface area contributed by atoms with Gasteiger partial charge >= 0.3 is 0 Å². The minimum atomic E-state index is -1.28. The van der Waals surface area contributed by atoms with Crippen molar-refractivity contribution in [1.82, 2.24) is 0 Å². The summed E-state index contributed by atoms with van der Waals surface area (Å²) in [6, 6.07) is 4.87. The molecule has 4 rings (SSSR count). The molecule has 2 aliphatic rings. The fourth-order valence-corrected chi connectivity index (χ4v) is 2.84. The first-order valence-electron chi connectivity index (χ1n) is 7.12. The number of rotatable bonds is 2. The third-order valence-electron chi connectivity index (χ3n) is 4.08. The number of allylic oxidation sites excluding steroid dienone is 1. The fourth-order valence-electron chi connectivity index (χ4n) is 2.84. The second-order valence-electron chi connectivity index (χ2n) is 5.46. The van der Waals surface area contributed by atoms with E-state index in [1.807, 2.05) is 0 Å². The van der Waals surface area contributed by atoms with Crippen molar-refractivity contribution < 1.29 is 33.8 Å². The molecule has 1 aliphatic carbocycles. The Labute approximate surface area is 134 Å². The summed E-state index contributed by atoms with van der Waals surface area (Å²) in [7, 11) is 0. The van der Waals surface area contributed by atoms with Crippen molar-refractivity contribution in [3.63, 3.8) is 0 Å². The van der Waals surface area contributed by atoms with Crippen LogP contribution in [0.4, 0.5) is 0 Å². The van der Waals surface area contributed by atoms with Gasteiger partial charge in [-0.05, 0) is 23.8 Å². The monoisotopic (exact) mass is 326 g/mol. The summed E-state index contributed by atoms with van der Waals surface area (Å²) in [5, 5.41) is 19.2. The van der Waals surface area contributed by atoms with E-state index in [1.165, 1.54) is 0 Å². The van der Waals surface area contributed by atoms with Gasteiger partial charge in [-0.1, -0.05) is 0 Å². The van der Waals surface area contributed by atoms with Gasteiger partial charge in [0.15, 0.2) is 11.5 Å². The van der Waals surface area contributed by atoms with Crippen molar-refractivity contribution in [2.45, 2.75) is 6.42 Å². The molecule has 2 heterocycles. The summed E-state index contributed by atoms with van der Waals surface area (Å²) >= 11 is 0. The van der Waals surface area contributed by atoms with Crippen LogP contribution in [0.5, 0.6) is 5.75 Å².